The molecule has 1 aliphatic carbocycles. The van der Waals surface area contributed by atoms with Crippen LogP contribution in [0.3, 0.4) is 0 Å². The second-order valence-corrected chi connectivity index (χ2v) is 6.05. The molecule has 1 fully saturated rings. The van der Waals surface area contributed by atoms with Gasteiger partial charge in [0, 0.05) is 38.1 Å². The monoisotopic (exact) mass is 366 g/mol. The van der Waals surface area contributed by atoms with Crippen LogP contribution in [0.1, 0.15) is 19.3 Å². The van der Waals surface area contributed by atoms with Crippen LogP contribution in [-0.2, 0) is 14.3 Å². The standard InChI is InChI=1S/C18H26N2O6/c1-23-9-5-8-19-16(21)18(6-7-18)17(22)20-12-10-13(24-2)15(26-4)14(11-12)25-3/h10-11H,5-9H2,1-4H3,(H,19,21)(H,20,22). The highest BCUT2D eigenvalue weighted by Crippen LogP contribution is 2.47. The number of nitrogens with one attached hydrogen (secondary N) is 2. The van der Waals surface area contributed by atoms with Gasteiger partial charge in [0.15, 0.2) is 11.5 Å². The lowest BCUT2D eigenvalue weighted by atomic mass is 10.0. The fourth-order valence-electron chi connectivity index (χ4n) is 2.67. The van der Waals surface area contributed by atoms with Crippen LogP contribution in [0, 0.1) is 5.41 Å². The zero-order valence-electron chi connectivity index (χ0n) is 15.6. The molecule has 0 atom stereocenters. The molecule has 8 heteroatoms. The van der Waals surface area contributed by atoms with Crippen molar-refractivity contribution in [2.24, 2.45) is 5.41 Å². The first-order chi connectivity index (χ1) is 12.5. The number of carbonyl (C=O) groups excluding carboxylic acids is 2. The zero-order valence-corrected chi connectivity index (χ0v) is 15.6. The number of anilines is 1. The fourth-order valence-corrected chi connectivity index (χ4v) is 2.67. The van der Waals surface area contributed by atoms with Crippen LogP contribution in [0.2, 0.25) is 0 Å². The molecule has 0 radical (unpaired) electrons. The summed E-state index contributed by atoms with van der Waals surface area (Å²) >= 11 is 0. The average molecular weight is 366 g/mol. The average Bonchev–Trinajstić information content (AvgIpc) is 3.46. The van der Waals surface area contributed by atoms with Crippen molar-refractivity contribution < 1.29 is 28.5 Å². The molecule has 2 rings (SSSR count). The van der Waals surface area contributed by atoms with Gasteiger partial charge in [-0.05, 0) is 19.3 Å². The largest absolute Gasteiger partial charge is 0.493 e. The van der Waals surface area contributed by atoms with Gasteiger partial charge in [0.1, 0.15) is 5.41 Å². The van der Waals surface area contributed by atoms with Crippen LogP contribution >= 0.6 is 0 Å². The van der Waals surface area contributed by atoms with Crippen LogP contribution in [0.25, 0.3) is 0 Å². The molecule has 1 aromatic rings. The van der Waals surface area contributed by atoms with E-state index in [4.69, 9.17) is 18.9 Å². The first-order valence-electron chi connectivity index (χ1n) is 8.41. The lowest BCUT2D eigenvalue weighted by Crippen LogP contribution is -2.40. The van der Waals surface area contributed by atoms with Gasteiger partial charge < -0.3 is 29.6 Å². The van der Waals surface area contributed by atoms with Crippen molar-refractivity contribution in [2.75, 3.05) is 46.9 Å². The number of rotatable bonds is 10. The van der Waals surface area contributed by atoms with Gasteiger partial charge >= 0.3 is 0 Å². The van der Waals surface area contributed by atoms with E-state index in [9.17, 15) is 9.59 Å². The summed E-state index contributed by atoms with van der Waals surface area (Å²) in [5.74, 6) is 0.701. The molecule has 8 nitrogen and oxygen atoms in total. The number of carbonyl (C=O) groups is 2. The van der Waals surface area contributed by atoms with Crippen LogP contribution in [0.15, 0.2) is 12.1 Å². The van der Waals surface area contributed by atoms with E-state index in [1.165, 1.54) is 21.3 Å². The van der Waals surface area contributed by atoms with E-state index < -0.39 is 5.41 Å². The van der Waals surface area contributed by atoms with Crippen molar-refractivity contribution in [3.63, 3.8) is 0 Å². The van der Waals surface area contributed by atoms with E-state index in [1.54, 1.807) is 19.2 Å². The van der Waals surface area contributed by atoms with Crippen molar-refractivity contribution in [2.45, 2.75) is 19.3 Å². The van der Waals surface area contributed by atoms with Gasteiger partial charge in [0.2, 0.25) is 17.6 Å². The summed E-state index contributed by atoms with van der Waals surface area (Å²) in [4.78, 5) is 25.1. The number of hydrogen-bond acceptors (Lipinski definition) is 6. The Morgan fingerprint density at radius 2 is 1.62 bits per heavy atom. The van der Waals surface area contributed by atoms with Crippen LogP contribution in [0.4, 0.5) is 5.69 Å². The molecule has 0 saturated heterocycles. The summed E-state index contributed by atoms with van der Waals surface area (Å²) in [7, 11) is 6.11. The third-order valence-electron chi connectivity index (χ3n) is 4.35. The van der Waals surface area contributed by atoms with Gasteiger partial charge in [-0.15, -0.1) is 0 Å². The van der Waals surface area contributed by atoms with E-state index in [2.05, 4.69) is 10.6 Å². The lowest BCUT2D eigenvalue weighted by Gasteiger charge is -2.18. The maximum atomic E-state index is 12.7. The second-order valence-electron chi connectivity index (χ2n) is 6.05. The summed E-state index contributed by atoms with van der Waals surface area (Å²) in [6, 6.07) is 3.26. The van der Waals surface area contributed by atoms with Gasteiger partial charge in [0.05, 0.1) is 21.3 Å². The Kier molecular flexibility index (Phi) is 6.68. The van der Waals surface area contributed by atoms with E-state index in [0.717, 1.165) is 0 Å². The highest BCUT2D eigenvalue weighted by atomic mass is 16.5. The van der Waals surface area contributed by atoms with E-state index in [-0.39, 0.29) is 11.8 Å². The van der Waals surface area contributed by atoms with Crippen LogP contribution in [0.5, 0.6) is 17.2 Å². The minimum absolute atomic E-state index is 0.251. The first-order valence-corrected chi connectivity index (χ1v) is 8.41. The van der Waals surface area contributed by atoms with Gasteiger partial charge in [-0.2, -0.15) is 0 Å². The van der Waals surface area contributed by atoms with E-state index in [1.807, 2.05) is 0 Å². The van der Waals surface area contributed by atoms with Crippen molar-refractivity contribution >= 4 is 17.5 Å². The highest BCUT2D eigenvalue weighted by molar-refractivity contribution is 6.13. The molecule has 2 N–H and O–H groups in total. The number of ether oxygens (including phenoxy) is 4. The highest BCUT2D eigenvalue weighted by Gasteiger charge is 2.56. The van der Waals surface area contributed by atoms with Gasteiger partial charge in [-0.1, -0.05) is 0 Å². The fraction of sp³-hybridized carbons (Fsp3) is 0.556. The van der Waals surface area contributed by atoms with Crippen molar-refractivity contribution in [1.82, 2.24) is 5.32 Å². The Bertz CT molecular complexity index is 632. The van der Waals surface area contributed by atoms with Crippen LogP contribution < -0.4 is 24.8 Å². The van der Waals surface area contributed by atoms with Gasteiger partial charge in [0.25, 0.3) is 0 Å². The van der Waals surface area contributed by atoms with Crippen molar-refractivity contribution in [1.29, 1.82) is 0 Å². The number of methoxy groups -OCH3 is 4. The summed E-state index contributed by atoms with van der Waals surface area (Å²) in [6.07, 6.45) is 1.76. The minimum Gasteiger partial charge on any atom is -0.493 e. The molecular weight excluding hydrogens is 340 g/mol. The Morgan fingerprint density at radius 1 is 1.00 bits per heavy atom. The summed E-state index contributed by atoms with van der Waals surface area (Å²) < 4.78 is 20.8. The maximum Gasteiger partial charge on any atom is 0.240 e. The molecule has 0 bridgehead atoms. The number of benzene rings is 1. The quantitative estimate of drug-likeness (QED) is 0.482. The molecule has 2 amide bonds. The topological polar surface area (TPSA) is 95.1 Å². The molecule has 1 saturated carbocycles. The predicted molar refractivity (Wildman–Crippen MR) is 95.9 cm³/mol. The Balaban J connectivity index is 2.08. The molecule has 0 aliphatic heterocycles. The Labute approximate surface area is 153 Å². The molecule has 1 aromatic carbocycles. The number of amides is 2. The minimum atomic E-state index is -1.01. The van der Waals surface area contributed by atoms with Gasteiger partial charge in [-0.3, -0.25) is 9.59 Å². The van der Waals surface area contributed by atoms with E-state index >= 15 is 0 Å². The molecule has 0 unspecified atom stereocenters. The summed E-state index contributed by atoms with van der Waals surface area (Å²) in [5.41, 5.74) is -0.532. The Morgan fingerprint density at radius 3 is 2.08 bits per heavy atom. The second kappa shape index (κ2) is 8.75. The Hall–Kier alpha value is -2.48. The maximum absolute atomic E-state index is 12.7. The zero-order chi connectivity index (χ0) is 19.2. The van der Waals surface area contributed by atoms with Crippen molar-refractivity contribution in [3.05, 3.63) is 12.1 Å². The van der Waals surface area contributed by atoms with E-state index in [0.29, 0.717) is 55.4 Å². The summed E-state index contributed by atoms with van der Waals surface area (Å²) in [5, 5.41) is 5.59. The molecule has 144 valence electrons. The molecule has 1 aliphatic rings. The molecule has 26 heavy (non-hydrogen) atoms. The van der Waals surface area contributed by atoms with Gasteiger partial charge in [-0.25, -0.2) is 0 Å². The third-order valence-corrected chi connectivity index (χ3v) is 4.35. The van der Waals surface area contributed by atoms with Crippen molar-refractivity contribution in [3.8, 4) is 17.2 Å². The van der Waals surface area contributed by atoms with Crippen LogP contribution in [-0.4, -0.2) is 53.4 Å². The third kappa shape index (κ3) is 4.19. The number of hydrogen-bond donors (Lipinski definition) is 2. The molecule has 0 spiro atoms. The molecule has 0 heterocycles. The molecule has 0 aromatic heterocycles. The summed E-state index contributed by atoms with van der Waals surface area (Å²) in [6.45, 7) is 1.04. The first kappa shape index (κ1) is 19.8. The normalized spacial score (nSPS) is 14.3. The SMILES string of the molecule is COCCCNC(=O)C1(C(=O)Nc2cc(OC)c(OC)c(OC)c2)CC1. The predicted octanol–water partition coefficient (Wildman–Crippen LogP) is 1.58. The molecular formula is C18H26N2O6. The smallest absolute Gasteiger partial charge is 0.240 e. The lowest BCUT2D eigenvalue weighted by molar-refractivity contribution is -0.134.